The summed E-state index contributed by atoms with van der Waals surface area (Å²) < 4.78 is 33.5. The Kier molecular flexibility index (Phi) is 4.14. The van der Waals surface area contributed by atoms with Crippen LogP contribution in [0.1, 0.15) is 15.4 Å². The number of nitrogens with zero attached hydrogens (tertiary/aromatic N) is 1. The van der Waals surface area contributed by atoms with Crippen molar-refractivity contribution < 1.29 is 18.3 Å². The number of nitrogens with two attached hydrogens (primary N) is 1. The monoisotopic (exact) mass is 354 g/mol. The number of carbonyl (C=O) groups is 1. The number of hydrogen-bond acceptors (Lipinski definition) is 4. The zero-order valence-electron chi connectivity index (χ0n) is 11.5. The van der Waals surface area contributed by atoms with E-state index in [1.54, 1.807) is 18.2 Å². The van der Waals surface area contributed by atoms with Crippen LogP contribution in [-0.4, -0.2) is 10.9 Å². The minimum Gasteiger partial charge on any atom is -0.483 e. The van der Waals surface area contributed by atoms with E-state index in [1.807, 2.05) is 0 Å². The van der Waals surface area contributed by atoms with E-state index in [2.05, 4.69) is 4.98 Å². The topological polar surface area (TPSA) is 65.2 Å². The average Bonchev–Trinajstić information content (AvgIpc) is 2.90. The van der Waals surface area contributed by atoms with Gasteiger partial charge in [0, 0.05) is 0 Å². The molecule has 3 rings (SSSR count). The van der Waals surface area contributed by atoms with Crippen molar-refractivity contribution >= 4 is 39.1 Å². The van der Waals surface area contributed by atoms with E-state index in [-0.39, 0.29) is 12.4 Å². The predicted octanol–water partition coefficient (Wildman–Crippen LogP) is 3.91. The van der Waals surface area contributed by atoms with Crippen molar-refractivity contribution in [3.05, 3.63) is 57.6 Å². The lowest BCUT2D eigenvalue weighted by atomic mass is 10.2. The molecule has 3 aromatic rings. The number of hydrogen-bond donors (Lipinski definition) is 1. The van der Waals surface area contributed by atoms with E-state index in [4.69, 9.17) is 22.1 Å². The molecular weight excluding hydrogens is 346 g/mol. The number of ether oxygens (including phenoxy) is 1. The summed E-state index contributed by atoms with van der Waals surface area (Å²) in [5, 5.41) is 1.13. The summed E-state index contributed by atoms with van der Waals surface area (Å²) in [5.41, 5.74) is 4.84. The first-order valence-electron chi connectivity index (χ1n) is 6.42. The number of aromatic nitrogens is 1. The lowest BCUT2D eigenvalue weighted by Crippen LogP contribution is -2.16. The molecule has 0 aliphatic rings. The zero-order valence-corrected chi connectivity index (χ0v) is 13.0. The molecule has 0 bridgehead atoms. The highest BCUT2D eigenvalue weighted by atomic mass is 35.5. The molecule has 4 nitrogen and oxygen atoms in total. The highest BCUT2D eigenvalue weighted by Gasteiger charge is 2.19. The van der Waals surface area contributed by atoms with Crippen molar-refractivity contribution in [3.8, 4) is 5.75 Å². The van der Waals surface area contributed by atoms with Gasteiger partial charge in [0.15, 0.2) is 11.6 Å². The predicted molar refractivity (Wildman–Crippen MR) is 83.8 cm³/mol. The standard InChI is InChI=1S/C15H9ClF2N2O2S/c16-7-2-1-3-9-14(7)23-11(20-9)6-22-10-5-4-8(17)12(13(10)18)15(19)21/h1-5H,6H2,(H2,19,21). The summed E-state index contributed by atoms with van der Waals surface area (Å²) in [7, 11) is 0. The molecule has 1 heterocycles. The molecule has 1 amide bonds. The lowest BCUT2D eigenvalue weighted by molar-refractivity contribution is 0.0991. The minimum atomic E-state index is -1.20. The van der Waals surface area contributed by atoms with Crippen molar-refractivity contribution in [2.24, 2.45) is 5.73 Å². The Balaban J connectivity index is 1.86. The molecule has 0 aliphatic heterocycles. The van der Waals surface area contributed by atoms with Crippen molar-refractivity contribution in [2.45, 2.75) is 6.61 Å². The van der Waals surface area contributed by atoms with Crippen LogP contribution in [0.5, 0.6) is 5.75 Å². The van der Waals surface area contributed by atoms with Gasteiger partial charge in [0.2, 0.25) is 0 Å². The van der Waals surface area contributed by atoms with Gasteiger partial charge in [-0.1, -0.05) is 17.7 Å². The molecule has 0 aliphatic carbocycles. The maximum absolute atomic E-state index is 14.1. The molecule has 0 fully saturated rings. The van der Waals surface area contributed by atoms with Gasteiger partial charge in [-0.05, 0) is 24.3 Å². The number of amides is 1. The lowest BCUT2D eigenvalue weighted by Gasteiger charge is -2.08. The molecule has 2 aromatic carbocycles. The normalized spacial score (nSPS) is 10.9. The number of primary amides is 1. The number of halogens is 3. The van der Waals surface area contributed by atoms with Gasteiger partial charge in [0.1, 0.15) is 23.0 Å². The quantitative estimate of drug-likeness (QED) is 0.772. The molecule has 0 saturated carbocycles. The summed E-state index contributed by atoms with van der Waals surface area (Å²) in [6.07, 6.45) is 0. The van der Waals surface area contributed by atoms with Gasteiger partial charge in [-0.25, -0.2) is 13.8 Å². The number of benzene rings is 2. The van der Waals surface area contributed by atoms with Crippen LogP contribution < -0.4 is 10.5 Å². The van der Waals surface area contributed by atoms with Crippen LogP contribution >= 0.6 is 22.9 Å². The van der Waals surface area contributed by atoms with Crippen LogP contribution in [0.3, 0.4) is 0 Å². The average molecular weight is 355 g/mol. The van der Waals surface area contributed by atoms with E-state index in [0.29, 0.717) is 15.5 Å². The Hall–Kier alpha value is -2.25. The molecule has 0 atom stereocenters. The molecular formula is C15H9ClF2N2O2S. The van der Waals surface area contributed by atoms with Crippen LogP contribution in [0.4, 0.5) is 8.78 Å². The van der Waals surface area contributed by atoms with E-state index in [1.165, 1.54) is 11.3 Å². The van der Waals surface area contributed by atoms with Gasteiger partial charge in [-0.2, -0.15) is 0 Å². The first kappa shape index (κ1) is 15.6. The maximum Gasteiger partial charge on any atom is 0.254 e. The maximum atomic E-state index is 14.1. The van der Waals surface area contributed by atoms with Gasteiger partial charge in [-0.3, -0.25) is 4.79 Å². The van der Waals surface area contributed by atoms with E-state index >= 15 is 0 Å². The second kappa shape index (κ2) is 6.10. The number of fused-ring (bicyclic) bond motifs is 1. The Morgan fingerprint density at radius 2 is 2.09 bits per heavy atom. The zero-order chi connectivity index (χ0) is 16.6. The summed E-state index contributed by atoms with van der Waals surface area (Å²) >= 11 is 7.37. The third-order valence-corrected chi connectivity index (χ3v) is 4.57. The molecule has 23 heavy (non-hydrogen) atoms. The molecule has 0 unspecified atom stereocenters. The summed E-state index contributed by atoms with van der Waals surface area (Å²) in [5.74, 6) is -3.63. The fourth-order valence-electron chi connectivity index (χ4n) is 2.03. The molecule has 2 N–H and O–H groups in total. The Labute approximate surface area is 138 Å². The van der Waals surface area contributed by atoms with Crippen LogP contribution in [-0.2, 0) is 6.61 Å². The van der Waals surface area contributed by atoms with Gasteiger partial charge in [0.25, 0.3) is 5.91 Å². The Morgan fingerprint density at radius 3 is 2.78 bits per heavy atom. The highest BCUT2D eigenvalue weighted by molar-refractivity contribution is 7.19. The molecule has 118 valence electrons. The van der Waals surface area contributed by atoms with Gasteiger partial charge < -0.3 is 10.5 Å². The summed E-state index contributed by atoms with van der Waals surface area (Å²) in [4.78, 5) is 15.4. The van der Waals surface area contributed by atoms with Crippen LogP contribution in [0.15, 0.2) is 30.3 Å². The number of thiazole rings is 1. The van der Waals surface area contributed by atoms with Crippen molar-refractivity contribution in [2.75, 3.05) is 0 Å². The SMILES string of the molecule is NC(=O)c1c(F)ccc(OCc2nc3cccc(Cl)c3s2)c1F. The number of rotatable bonds is 4. The minimum absolute atomic E-state index is 0.0452. The summed E-state index contributed by atoms with van der Waals surface area (Å²) in [6.45, 7) is -0.0452. The highest BCUT2D eigenvalue weighted by Crippen LogP contribution is 2.30. The van der Waals surface area contributed by atoms with E-state index in [0.717, 1.165) is 16.8 Å². The van der Waals surface area contributed by atoms with Crippen molar-refractivity contribution in [3.63, 3.8) is 0 Å². The third-order valence-electron chi connectivity index (χ3n) is 3.06. The van der Waals surface area contributed by atoms with E-state index in [9.17, 15) is 13.6 Å². The fourth-order valence-corrected chi connectivity index (χ4v) is 3.20. The number of carbonyl (C=O) groups excluding carboxylic acids is 1. The molecule has 0 radical (unpaired) electrons. The van der Waals surface area contributed by atoms with E-state index < -0.39 is 23.1 Å². The van der Waals surface area contributed by atoms with Crippen molar-refractivity contribution in [1.29, 1.82) is 0 Å². The van der Waals surface area contributed by atoms with Crippen LogP contribution in [0.2, 0.25) is 5.02 Å². The Bertz CT molecular complexity index is 914. The first-order valence-corrected chi connectivity index (χ1v) is 7.61. The summed E-state index contributed by atoms with van der Waals surface area (Å²) in [6, 6.07) is 7.33. The van der Waals surface area contributed by atoms with Gasteiger partial charge in [0.05, 0.1) is 15.2 Å². The van der Waals surface area contributed by atoms with Crippen molar-refractivity contribution in [1.82, 2.24) is 4.98 Å². The second-order valence-electron chi connectivity index (χ2n) is 4.58. The Morgan fingerprint density at radius 1 is 1.30 bits per heavy atom. The molecule has 0 saturated heterocycles. The smallest absolute Gasteiger partial charge is 0.254 e. The molecule has 1 aromatic heterocycles. The third kappa shape index (κ3) is 2.97. The van der Waals surface area contributed by atoms with Crippen LogP contribution in [0, 0.1) is 11.6 Å². The molecule has 8 heteroatoms. The first-order chi connectivity index (χ1) is 11.0. The fraction of sp³-hybridized carbons (Fsp3) is 0.0667. The largest absolute Gasteiger partial charge is 0.483 e. The molecule has 0 spiro atoms. The van der Waals surface area contributed by atoms with Crippen LogP contribution in [0.25, 0.3) is 10.2 Å². The van der Waals surface area contributed by atoms with Gasteiger partial charge in [-0.15, -0.1) is 11.3 Å². The van der Waals surface area contributed by atoms with Gasteiger partial charge >= 0.3 is 0 Å². The second-order valence-corrected chi connectivity index (χ2v) is 6.07.